The zero-order chi connectivity index (χ0) is 25.3. The molecule has 0 bridgehead atoms. The molecule has 10 heteroatoms. The van der Waals surface area contributed by atoms with Crippen molar-refractivity contribution in [2.24, 2.45) is 0 Å². The Morgan fingerprint density at radius 1 is 1.25 bits per heavy atom. The lowest BCUT2D eigenvalue weighted by atomic mass is 9.96. The van der Waals surface area contributed by atoms with Gasteiger partial charge in [0.2, 0.25) is 0 Å². The first-order chi connectivity index (χ1) is 17.4. The van der Waals surface area contributed by atoms with Crippen LogP contribution in [0.1, 0.15) is 34.5 Å². The molecule has 5 rings (SSSR count). The van der Waals surface area contributed by atoms with Crippen molar-refractivity contribution in [3.63, 3.8) is 0 Å². The minimum absolute atomic E-state index is 0.142. The molecule has 2 atom stereocenters. The zero-order valence-corrected chi connectivity index (χ0v) is 19.3. The highest BCUT2D eigenvalue weighted by atomic mass is 19.1. The molecule has 1 aromatic carbocycles. The molecule has 2 aliphatic rings. The molecule has 1 spiro atoms. The SMILES string of the molecule is N#Cc1cc(CNC(=O)c2cncc(-c3cc(F)cc(F)c3)c2N2CCC3(C[C@@H](F)CN3)C2)ccn1. The third-order valence-corrected chi connectivity index (χ3v) is 6.71. The number of pyridine rings is 2. The van der Waals surface area contributed by atoms with E-state index in [2.05, 4.69) is 20.6 Å². The topological polar surface area (TPSA) is 93.9 Å². The summed E-state index contributed by atoms with van der Waals surface area (Å²) in [5.74, 6) is -1.92. The Hall–Kier alpha value is -3.97. The summed E-state index contributed by atoms with van der Waals surface area (Å²) in [6.45, 7) is 1.39. The number of halogens is 3. The van der Waals surface area contributed by atoms with E-state index in [1.807, 2.05) is 11.0 Å². The average molecular weight is 493 g/mol. The van der Waals surface area contributed by atoms with Crippen molar-refractivity contribution >= 4 is 11.6 Å². The average Bonchev–Trinajstić information content (AvgIpc) is 3.46. The smallest absolute Gasteiger partial charge is 0.255 e. The number of benzene rings is 1. The van der Waals surface area contributed by atoms with Gasteiger partial charge in [-0.25, -0.2) is 18.2 Å². The Balaban J connectivity index is 1.51. The lowest BCUT2D eigenvalue weighted by Gasteiger charge is -2.28. The van der Waals surface area contributed by atoms with Crippen LogP contribution in [0.2, 0.25) is 0 Å². The zero-order valence-electron chi connectivity index (χ0n) is 19.3. The van der Waals surface area contributed by atoms with Crippen LogP contribution in [0.4, 0.5) is 18.9 Å². The van der Waals surface area contributed by atoms with Crippen molar-refractivity contribution in [3.8, 4) is 17.2 Å². The van der Waals surface area contributed by atoms with Gasteiger partial charge >= 0.3 is 0 Å². The number of carbonyl (C=O) groups excluding carboxylic acids is 1. The standard InChI is InChI=1S/C26H23F3N6O/c27-18-6-17(7-19(28)8-18)22-13-31-14-23(25(36)33-11-16-1-3-32-21(5-16)10-30)24(22)35-4-2-26(15-35)9-20(29)12-34-26/h1,3,5-8,13-14,20,34H,2,4,9,11-12,15H2,(H,33,36)/t20-,26?/m1/s1. The molecule has 0 aliphatic carbocycles. The number of hydrogen-bond acceptors (Lipinski definition) is 6. The maximum atomic E-state index is 14.1. The van der Waals surface area contributed by atoms with Crippen LogP contribution in [0.5, 0.6) is 0 Å². The van der Waals surface area contributed by atoms with Crippen LogP contribution in [0, 0.1) is 23.0 Å². The van der Waals surface area contributed by atoms with Gasteiger partial charge in [0.1, 0.15) is 29.6 Å². The summed E-state index contributed by atoms with van der Waals surface area (Å²) >= 11 is 0. The first-order valence-corrected chi connectivity index (χ1v) is 11.6. The van der Waals surface area contributed by atoms with Crippen LogP contribution < -0.4 is 15.5 Å². The number of nitrogens with zero attached hydrogens (tertiary/aromatic N) is 4. The fraction of sp³-hybridized carbons (Fsp3) is 0.308. The third-order valence-electron chi connectivity index (χ3n) is 6.71. The van der Waals surface area contributed by atoms with E-state index in [1.54, 1.807) is 12.1 Å². The van der Waals surface area contributed by atoms with Gasteiger partial charge in [-0.2, -0.15) is 5.26 Å². The molecule has 3 aromatic rings. The number of anilines is 1. The molecule has 2 aromatic heterocycles. The van der Waals surface area contributed by atoms with Gasteiger partial charge in [-0.05, 0) is 48.2 Å². The lowest BCUT2D eigenvalue weighted by molar-refractivity contribution is 0.0951. The van der Waals surface area contributed by atoms with Crippen molar-refractivity contribution in [2.45, 2.75) is 31.1 Å². The number of nitriles is 1. The first kappa shape index (κ1) is 23.8. The van der Waals surface area contributed by atoms with Crippen LogP contribution in [0.3, 0.4) is 0 Å². The van der Waals surface area contributed by atoms with Crippen molar-refractivity contribution < 1.29 is 18.0 Å². The van der Waals surface area contributed by atoms with E-state index in [-0.39, 0.29) is 29.9 Å². The fourth-order valence-corrected chi connectivity index (χ4v) is 5.07. The molecule has 0 radical (unpaired) electrons. The van der Waals surface area contributed by atoms with Crippen LogP contribution in [-0.4, -0.2) is 47.2 Å². The van der Waals surface area contributed by atoms with E-state index >= 15 is 0 Å². The van der Waals surface area contributed by atoms with Crippen molar-refractivity contribution in [1.29, 1.82) is 5.26 Å². The third kappa shape index (κ3) is 4.75. The van der Waals surface area contributed by atoms with Gasteiger partial charge in [-0.3, -0.25) is 9.78 Å². The van der Waals surface area contributed by atoms with Gasteiger partial charge in [-0.15, -0.1) is 0 Å². The van der Waals surface area contributed by atoms with E-state index in [0.29, 0.717) is 42.7 Å². The van der Waals surface area contributed by atoms with Crippen molar-refractivity contribution in [1.82, 2.24) is 20.6 Å². The lowest BCUT2D eigenvalue weighted by Crippen LogP contribution is -2.42. The highest BCUT2D eigenvalue weighted by Crippen LogP contribution is 2.40. The maximum Gasteiger partial charge on any atom is 0.255 e. The van der Waals surface area contributed by atoms with Gasteiger partial charge in [-0.1, -0.05) is 0 Å². The second-order valence-electron chi connectivity index (χ2n) is 9.22. The Kier molecular flexibility index (Phi) is 6.33. The number of nitrogens with one attached hydrogen (secondary N) is 2. The normalized spacial score (nSPS) is 21.1. The van der Waals surface area contributed by atoms with E-state index in [4.69, 9.17) is 5.26 Å². The van der Waals surface area contributed by atoms with E-state index in [1.165, 1.54) is 30.7 Å². The second-order valence-corrected chi connectivity index (χ2v) is 9.22. The van der Waals surface area contributed by atoms with E-state index in [0.717, 1.165) is 6.07 Å². The van der Waals surface area contributed by atoms with E-state index in [9.17, 15) is 18.0 Å². The minimum atomic E-state index is -0.944. The highest BCUT2D eigenvalue weighted by Gasteiger charge is 2.45. The Bertz CT molecular complexity index is 1340. The van der Waals surface area contributed by atoms with Gasteiger partial charge in [0.25, 0.3) is 5.91 Å². The molecule has 2 fully saturated rings. The summed E-state index contributed by atoms with van der Waals surface area (Å²) in [6.07, 6.45) is 4.48. The molecule has 7 nitrogen and oxygen atoms in total. The maximum absolute atomic E-state index is 14.1. The predicted molar refractivity (Wildman–Crippen MR) is 127 cm³/mol. The molecule has 1 unspecified atom stereocenters. The van der Waals surface area contributed by atoms with Crippen molar-refractivity contribution in [2.75, 3.05) is 24.5 Å². The van der Waals surface area contributed by atoms with Crippen LogP contribution in [0.25, 0.3) is 11.1 Å². The van der Waals surface area contributed by atoms with Crippen LogP contribution in [-0.2, 0) is 6.54 Å². The molecular weight excluding hydrogens is 469 g/mol. The van der Waals surface area contributed by atoms with Crippen LogP contribution >= 0.6 is 0 Å². The summed E-state index contributed by atoms with van der Waals surface area (Å²) in [5.41, 5.74) is 1.88. The molecule has 2 aliphatic heterocycles. The molecule has 184 valence electrons. The quantitative estimate of drug-likeness (QED) is 0.566. The van der Waals surface area contributed by atoms with Crippen molar-refractivity contribution in [3.05, 3.63) is 77.4 Å². The van der Waals surface area contributed by atoms with Gasteiger partial charge in [0.05, 0.1) is 11.3 Å². The highest BCUT2D eigenvalue weighted by molar-refractivity contribution is 6.03. The largest absolute Gasteiger partial charge is 0.368 e. The van der Waals surface area contributed by atoms with Crippen LogP contribution in [0.15, 0.2) is 48.9 Å². The molecule has 2 saturated heterocycles. The summed E-state index contributed by atoms with van der Waals surface area (Å²) < 4.78 is 42.2. The second kappa shape index (κ2) is 9.59. The molecule has 2 N–H and O–H groups in total. The number of amides is 1. The number of alkyl halides is 1. The fourth-order valence-electron chi connectivity index (χ4n) is 5.07. The molecular formula is C26H23F3N6O. The summed E-state index contributed by atoms with van der Waals surface area (Å²) in [7, 11) is 0. The Morgan fingerprint density at radius 2 is 2.06 bits per heavy atom. The first-order valence-electron chi connectivity index (χ1n) is 11.6. The number of rotatable bonds is 5. The van der Waals surface area contributed by atoms with E-state index < -0.39 is 29.3 Å². The Morgan fingerprint density at radius 3 is 2.78 bits per heavy atom. The number of hydrogen-bond donors (Lipinski definition) is 2. The minimum Gasteiger partial charge on any atom is -0.368 e. The molecule has 36 heavy (non-hydrogen) atoms. The molecule has 4 heterocycles. The molecule has 0 saturated carbocycles. The summed E-state index contributed by atoms with van der Waals surface area (Å²) in [6, 6.07) is 8.41. The van der Waals surface area contributed by atoms with Gasteiger partial charge < -0.3 is 15.5 Å². The molecule has 1 amide bonds. The predicted octanol–water partition coefficient (Wildman–Crippen LogP) is 3.50. The number of aromatic nitrogens is 2. The van der Waals surface area contributed by atoms with Gasteiger partial charge in [0, 0.05) is 61.9 Å². The summed E-state index contributed by atoms with van der Waals surface area (Å²) in [5, 5.41) is 15.2. The Labute approximate surface area is 206 Å². The number of carbonyl (C=O) groups is 1. The summed E-state index contributed by atoms with van der Waals surface area (Å²) in [4.78, 5) is 23.4. The monoisotopic (exact) mass is 492 g/mol. The van der Waals surface area contributed by atoms with Gasteiger partial charge in [0.15, 0.2) is 0 Å².